The molecular formula is C7H9N7. The summed E-state index contributed by atoms with van der Waals surface area (Å²) in [5, 5.41) is 7.42. The van der Waals surface area contributed by atoms with Crippen molar-refractivity contribution >= 4 is 11.6 Å². The summed E-state index contributed by atoms with van der Waals surface area (Å²) in [5.41, 5.74) is 12.3. The Labute approximate surface area is 79.5 Å². The summed E-state index contributed by atoms with van der Waals surface area (Å²) < 4.78 is 1.17. The van der Waals surface area contributed by atoms with Crippen molar-refractivity contribution in [3.8, 4) is 11.4 Å². The smallest absolute Gasteiger partial charge is 0.241 e. The van der Waals surface area contributed by atoms with Crippen LogP contribution in [0.1, 0.15) is 0 Å². The lowest BCUT2D eigenvalue weighted by Crippen LogP contribution is -2.13. The van der Waals surface area contributed by atoms with E-state index in [1.807, 2.05) is 0 Å². The molecule has 0 amide bonds. The normalized spacial score (nSPS) is 10.3. The lowest BCUT2D eigenvalue weighted by Gasteiger charge is -2.03. The lowest BCUT2D eigenvalue weighted by molar-refractivity contribution is 1.02. The van der Waals surface area contributed by atoms with Gasteiger partial charge in [-0.1, -0.05) is 0 Å². The van der Waals surface area contributed by atoms with Gasteiger partial charge in [0.15, 0.2) is 5.82 Å². The van der Waals surface area contributed by atoms with Crippen LogP contribution in [0.15, 0.2) is 18.5 Å². The molecule has 6 N–H and O–H groups in total. The molecule has 0 aliphatic heterocycles. The Morgan fingerprint density at radius 3 is 2.57 bits per heavy atom. The van der Waals surface area contributed by atoms with Gasteiger partial charge in [0.1, 0.15) is 0 Å². The molecule has 7 heteroatoms. The average molecular weight is 191 g/mol. The Balaban J connectivity index is 2.60. The molecular weight excluding hydrogens is 182 g/mol. The summed E-state index contributed by atoms with van der Waals surface area (Å²) in [6, 6.07) is 1.70. The van der Waals surface area contributed by atoms with Crippen LogP contribution >= 0.6 is 0 Å². The highest BCUT2D eigenvalue weighted by molar-refractivity contribution is 5.71. The zero-order chi connectivity index (χ0) is 10.1. The molecule has 7 nitrogen and oxygen atoms in total. The minimum Gasteiger partial charge on any atom is -0.397 e. The lowest BCUT2D eigenvalue weighted by atomic mass is 10.2. The second-order valence-corrected chi connectivity index (χ2v) is 2.71. The van der Waals surface area contributed by atoms with Gasteiger partial charge in [0, 0.05) is 11.8 Å². The van der Waals surface area contributed by atoms with E-state index in [2.05, 4.69) is 15.2 Å². The predicted octanol–water partition coefficient (Wildman–Crippen LogP) is -0.782. The van der Waals surface area contributed by atoms with Gasteiger partial charge >= 0.3 is 0 Å². The largest absolute Gasteiger partial charge is 0.397 e. The van der Waals surface area contributed by atoms with Gasteiger partial charge in [0.05, 0.1) is 11.9 Å². The van der Waals surface area contributed by atoms with Crippen LogP contribution in [0.5, 0.6) is 0 Å². The van der Waals surface area contributed by atoms with Gasteiger partial charge in [0.25, 0.3) is 0 Å². The standard InChI is InChI=1S/C7H9N7/c8-5-3-11-2-1-4(5)6-12-13-7(9)14(6)10/h1-3H,8,10H2,(H2,9,13). The van der Waals surface area contributed by atoms with Crippen molar-refractivity contribution in [3.05, 3.63) is 18.5 Å². The van der Waals surface area contributed by atoms with Gasteiger partial charge in [-0.25, -0.2) is 4.68 Å². The predicted molar refractivity (Wildman–Crippen MR) is 52.2 cm³/mol. The van der Waals surface area contributed by atoms with E-state index in [0.717, 1.165) is 0 Å². The average Bonchev–Trinajstić information content (AvgIpc) is 2.49. The van der Waals surface area contributed by atoms with Crippen LogP contribution in [0.25, 0.3) is 11.4 Å². The van der Waals surface area contributed by atoms with Gasteiger partial charge in [-0.05, 0) is 6.07 Å². The Kier molecular flexibility index (Phi) is 1.70. The molecule has 0 fully saturated rings. The van der Waals surface area contributed by atoms with E-state index < -0.39 is 0 Å². The third kappa shape index (κ3) is 1.11. The number of anilines is 2. The van der Waals surface area contributed by atoms with Crippen LogP contribution < -0.4 is 17.3 Å². The number of pyridine rings is 1. The van der Waals surface area contributed by atoms with E-state index >= 15 is 0 Å². The van der Waals surface area contributed by atoms with Gasteiger partial charge in [-0.2, -0.15) is 0 Å². The molecule has 2 heterocycles. The van der Waals surface area contributed by atoms with Crippen molar-refractivity contribution in [1.29, 1.82) is 0 Å². The Morgan fingerprint density at radius 1 is 1.21 bits per heavy atom. The van der Waals surface area contributed by atoms with Crippen LogP contribution in [0.2, 0.25) is 0 Å². The Bertz CT molecular complexity index is 461. The van der Waals surface area contributed by atoms with Crippen molar-refractivity contribution < 1.29 is 0 Å². The second kappa shape index (κ2) is 2.87. The van der Waals surface area contributed by atoms with Crippen LogP contribution in [0.4, 0.5) is 11.6 Å². The summed E-state index contributed by atoms with van der Waals surface area (Å²) >= 11 is 0. The fourth-order valence-corrected chi connectivity index (χ4v) is 1.10. The SMILES string of the molecule is Nc1cnccc1-c1nnc(N)n1N. The highest BCUT2D eigenvalue weighted by Crippen LogP contribution is 2.22. The number of nitrogens with zero attached hydrogens (tertiary/aromatic N) is 4. The highest BCUT2D eigenvalue weighted by Gasteiger charge is 2.11. The molecule has 2 rings (SSSR count). The van der Waals surface area contributed by atoms with Crippen LogP contribution in [-0.4, -0.2) is 19.9 Å². The summed E-state index contributed by atoms with van der Waals surface area (Å²) in [5.74, 6) is 6.15. The van der Waals surface area contributed by atoms with Crippen molar-refractivity contribution in [2.75, 3.05) is 17.3 Å². The maximum Gasteiger partial charge on any atom is 0.241 e. The fraction of sp³-hybridized carbons (Fsp3) is 0. The first-order valence-corrected chi connectivity index (χ1v) is 3.86. The molecule has 0 saturated heterocycles. The molecule has 2 aromatic heterocycles. The number of nitrogen functional groups attached to an aromatic ring is 3. The maximum absolute atomic E-state index is 5.69. The first kappa shape index (κ1) is 8.30. The monoisotopic (exact) mass is 191 g/mol. The molecule has 0 bridgehead atoms. The van der Waals surface area contributed by atoms with Gasteiger partial charge < -0.3 is 17.3 Å². The molecule has 0 aliphatic rings. The van der Waals surface area contributed by atoms with E-state index in [1.165, 1.54) is 10.9 Å². The van der Waals surface area contributed by atoms with E-state index in [-0.39, 0.29) is 5.95 Å². The molecule has 72 valence electrons. The molecule has 0 radical (unpaired) electrons. The number of rotatable bonds is 1. The Hall–Kier alpha value is -2.31. The second-order valence-electron chi connectivity index (χ2n) is 2.71. The molecule has 0 saturated carbocycles. The van der Waals surface area contributed by atoms with Crippen molar-refractivity contribution in [3.63, 3.8) is 0 Å². The fourth-order valence-electron chi connectivity index (χ4n) is 1.10. The third-order valence-corrected chi connectivity index (χ3v) is 1.81. The summed E-state index contributed by atoms with van der Waals surface area (Å²) in [4.78, 5) is 3.85. The first-order chi connectivity index (χ1) is 6.70. The quantitative estimate of drug-likeness (QED) is 0.508. The Morgan fingerprint density at radius 2 is 2.00 bits per heavy atom. The van der Waals surface area contributed by atoms with Crippen LogP contribution in [0.3, 0.4) is 0 Å². The van der Waals surface area contributed by atoms with E-state index in [4.69, 9.17) is 17.3 Å². The van der Waals surface area contributed by atoms with Gasteiger partial charge in [-0.15, -0.1) is 10.2 Å². The maximum atomic E-state index is 5.69. The third-order valence-electron chi connectivity index (χ3n) is 1.81. The minimum absolute atomic E-state index is 0.135. The molecule has 0 unspecified atom stereocenters. The molecule has 0 aromatic carbocycles. The zero-order valence-corrected chi connectivity index (χ0v) is 7.25. The van der Waals surface area contributed by atoms with Crippen LogP contribution in [-0.2, 0) is 0 Å². The molecule has 0 aliphatic carbocycles. The first-order valence-electron chi connectivity index (χ1n) is 3.86. The zero-order valence-electron chi connectivity index (χ0n) is 7.25. The molecule has 2 aromatic rings. The van der Waals surface area contributed by atoms with E-state index in [1.54, 1.807) is 12.3 Å². The number of hydrogen-bond donors (Lipinski definition) is 3. The van der Waals surface area contributed by atoms with E-state index in [0.29, 0.717) is 17.1 Å². The van der Waals surface area contributed by atoms with Crippen LogP contribution in [0, 0.1) is 0 Å². The van der Waals surface area contributed by atoms with E-state index in [9.17, 15) is 0 Å². The number of aromatic nitrogens is 4. The number of nitrogens with two attached hydrogens (primary N) is 3. The minimum atomic E-state index is 0.135. The topological polar surface area (TPSA) is 122 Å². The molecule has 0 spiro atoms. The highest BCUT2D eigenvalue weighted by atomic mass is 15.4. The van der Waals surface area contributed by atoms with Crippen molar-refractivity contribution in [2.24, 2.45) is 0 Å². The molecule has 0 atom stereocenters. The summed E-state index contributed by atoms with van der Waals surface area (Å²) in [7, 11) is 0. The summed E-state index contributed by atoms with van der Waals surface area (Å²) in [6.07, 6.45) is 3.11. The number of hydrogen-bond acceptors (Lipinski definition) is 6. The summed E-state index contributed by atoms with van der Waals surface area (Å²) in [6.45, 7) is 0. The van der Waals surface area contributed by atoms with Gasteiger partial charge in [0.2, 0.25) is 5.95 Å². The van der Waals surface area contributed by atoms with Crippen molar-refractivity contribution in [2.45, 2.75) is 0 Å². The van der Waals surface area contributed by atoms with Gasteiger partial charge in [-0.3, -0.25) is 4.98 Å². The van der Waals surface area contributed by atoms with Crippen molar-refractivity contribution in [1.82, 2.24) is 19.9 Å². The molecule has 14 heavy (non-hydrogen) atoms.